The maximum atomic E-state index is 11.3. The summed E-state index contributed by atoms with van der Waals surface area (Å²) in [6, 6.07) is 5.14. The molecule has 3 nitrogen and oxygen atoms in total. The lowest BCUT2D eigenvalue weighted by Gasteiger charge is -2.09. The molecule has 0 spiro atoms. The van der Waals surface area contributed by atoms with Crippen LogP contribution in [0.3, 0.4) is 0 Å². The summed E-state index contributed by atoms with van der Waals surface area (Å²) < 4.78 is 5.01. The zero-order valence-corrected chi connectivity index (χ0v) is 9.62. The van der Waals surface area contributed by atoms with Crippen molar-refractivity contribution in [2.45, 2.75) is 26.7 Å². The van der Waals surface area contributed by atoms with Crippen molar-refractivity contribution in [1.82, 2.24) is 0 Å². The Kier molecular flexibility index (Phi) is 4.11. The highest BCUT2D eigenvalue weighted by molar-refractivity contribution is 5.89. The van der Waals surface area contributed by atoms with E-state index in [1.807, 2.05) is 13.0 Å². The molecule has 16 heavy (non-hydrogen) atoms. The standard InChI is InChI=1S/C13H16O3/c1-4-6-10-7-5-8-11(12(10)14)16-13(15)9(2)3/h5,7-8,14H,2,4,6H2,1,3H3. The number of ether oxygens (including phenoxy) is 1. The molecule has 86 valence electrons. The number of phenolic OH excluding ortho intramolecular Hbond substituents is 1. The van der Waals surface area contributed by atoms with Crippen LogP contribution in [0.15, 0.2) is 30.4 Å². The average molecular weight is 220 g/mol. The number of hydrogen-bond donors (Lipinski definition) is 1. The SMILES string of the molecule is C=C(C)C(=O)Oc1cccc(CCC)c1O. The van der Waals surface area contributed by atoms with Gasteiger partial charge in [-0.2, -0.15) is 0 Å². The minimum atomic E-state index is -0.524. The molecule has 1 N–H and O–H groups in total. The fourth-order valence-electron chi connectivity index (χ4n) is 1.31. The number of aromatic hydroxyl groups is 1. The molecular weight excluding hydrogens is 204 g/mol. The maximum absolute atomic E-state index is 11.3. The van der Waals surface area contributed by atoms with Gasteiger partial charge in [-0.05, 0) is 25.0 Å². The highest BCUT2D eigenvalue weighted by Gasteiger charge is 2.11. The first kappa shape index (κ1) is 12.3. The van der Waals surface area contributed by atoms with Crippen molar-refractivity contribution in [3.63, 3.8) is 0 Å². The number of phenols is 1. The predicted molar refractivity (Wildman–Crippen MR) is 62.6 cm³/mol. The van der Waals surface area contributed by atoms with E-state index in [0.29, 0.717) is 5.57 Å². The Morgan fingerprint density at radius 1 is 1.50 bits per heavy atom. The van der Waals surface area contributed by atoms with Gasteiger partial charge in [-0.3, -0.25) is 0 Å². The monoisotopic (exact) mass is 220 g/mol. The number of carbonyl (C=O) groups excluding carboxylic acids is 1. The molecule has 0 aliphatic rings. The number of aryl methyl sites for hydroxylation is 1. The van der Waals surface area contributed by atoms with Crippen LogP contribution in [0.25, 0.3) is 0 Å². The Bertz CT molecular complexity index is 408. The highest BCUT2D eigenvalue weighted by atomic mass is 16.5. The average Bonchev–Trinajstić information content (AvgIpc) is 2.24. The number of benzene rings is 1. The molecular formula is C13H16O3. The van der Waals surface area contributed by atoms with Gasteiger partial charge in [-0.1, -0.05) is 32.1 Å². The first-order chi connectivity index (χ1) is 7.56. The lowest BCUT2D eigenvalue weighted by Crippen LogP contribution is -2.08. The van der Waals surface area contributed by atoms with Crippen molar-refractivity contribution in [3.8, 4) is 11.5 Å². The van der Waals surface area contributed by atoms with Gasteiger partial charge in [-0.25, -0.2) is 4.79 Å². The molecule has 0 radical (unpaired) electrons. The molecule has 0 saturated carbocycles. The predicted octanol–water partition coefficient (Wildman–Crippen LogP) is 2.83. The smallest absolute Gasteiger partial charge is 0.338 e. The molecule has 0 bridgehead atoms. The van der Waals surface area contributed by atoms with Gasteiger partial charge in [0.2, 0.25) is 0 Å². The first-order valence-corrected chi connectivity index (χ1v) is 5.24. The molecule has 0 aromatic heterocycles. The maximum Gasteiger partial charge on any atom is 0.338 e. The fourth-order valence-corrected chi connectivity index (χ4v) is 1.31. The largest absolute Gasteiger partial charge is 0.504 e. The molecule has 3 heteroatoms. The van der Waals surface area contributed by atoms with E-state index in [-0.39, 0.29) is 11.5 Å². The lowest BCUT2D eigenvalue weighted by atomic mass is 10.1. The van der Waals surface area contributed by atoms with Crippen molar-refractivity contribution in [3.05, 3.63) is 35.9 Å². The van der Waals surface area contributed by atoms with Crippen LogP contribution in [0, 0.1) is 0 Å². The van der Waals surface area contributed by atoms with Crippen molar-refractivity contribution < 1.29 is 14.6 Å². The third-order valence-corrected chi connectivity index (χ3v) is 2.15. The van der Waals surface area contributed by atoms with Crippen molar-refractivity contribution in [1.29, 1.82) is 0 Å². The van der Waals surface area contributed by atoms with Crippen LogP contribution >= 0.6 is 0 Å². The van der Waals surface area contributed by atoms with E-state index < -0.39 is 5.97 Å². The molecule has 0 saturated heterocycles. The van der Waals surface area contributed by atoms with Crippen LogP contribution in [0.4, 0.5) is 0 Å². The van der Waals surface area contributed by atoms with Gasteiger partial charge >= 0.3 is 5.97 Å². The molecule has 0 fully saturated rings. The molecule has 0 atom stereocenters. The molecule has 0 amide bonds. The normalized spacial score (nSPS) is 9.88. The number of carbonyl (C=O) groups is 1. The van der Waals surface area contributed by atoms with Gasteiger partial charge in [0.15, 0.2) is 11.5 Å². The molecule has 1 rings (SSSR count). The topological polar surface area (TPSA) is 46.5 Å². The van der Waals surface area contributed by atoms with Crippen molar-refractivity contribution in [2.75, 3.05) is 0 Å². The second kappa shape index (κ2) is 5.35. The van der Waals surface area contributed by atoms with Gasteiger partial charge < -0.3 is 9.84 Å². The summed E-state index contributed by atoms with van der Waals surface area (Å²) in [7, 11) is 0. The van der Waals surface area contributed by atoms with E-state index in [1.54, 1.807) is 19.1 Å². The van der Waals surface area contributed by atoms with E-state index in [0.717, 1.165) is 18.4 Å². The van der Waals surface area contributed by atoms with Crippen molar-refractivity contribution in [2.24, 2.45) is 0 Å². The van der Waals surface area contributed by atoms with E-state index in [4.69, 9.17) is 4.74 Å². The van der Waals surface area contributed by atoms with Crippen LogP contribution in [0.1, 0.15) is 25.8 Å². The van der Waals surface area contributed by atoms with Crippen LogP contribution < -0.4 is 4.74 Å². The summed E-state index contributed by atoms with van der Waals surface area (Å²) in [5, 5.41) is 9.84. The summed E-state index contributed by atoms with van der Waals surface area (Å²) in [5.74, 6) is -0.290. The molecule has 1 aromatic rings. The summed E-state index contributed by atoms with van der Waals surface area (Å²) in [4.78, 5) is 11.3. The minimum Gasteiger partial charge on any atom is -0.504 e. The Morgan fingerprint density at radius 3 is 2.75 bits per heavy atom. The zero-order valence-electron chi connectivity index (χ0n) is 9.62. The molecule has 0 aliphatic heterocycles. The summed E-state index contributed by atoms with van der Waals surface area (Å²) >= 11 is 0. The lowest BCUT2D eigenvalue weighted by molar-refractivity contribution is -0.130. The Hall–Kier alpha value is -1.77. The van der Waals surface area contributed by atoms with Gasteiger partial charge in [0.25, 0.3) is 0 Å². The second-order valence-corrected chi connectivity index (χ2v) is 3.68. The zero-order chi connectivity index (χ0) is 12.1. The quantitative estimate of drug-likeness (QED) is 0.482. The minimum absolute atomic E-state index is 0.0407. The van der Waals surface area contributed by atoms with Crippen LogP contribution in [-0.4, -0.2) is 11.1 Å². The molecule has 0 aliphatic carbocycles. The fraction of sp³-hybridized carbons (Fsp3) is 0.308. The summed E-state index contributed by atoms with van der Waals surface area (Å²) in [5.41, 5.74) is 1.09. The number of rotatable bonds is 4. The Labute approximate surface area is 95.4 Å². The third-order valence-electron chi connectivity index (χ3n) is 2.15. The van der Waals surface area contributed by atoms with Crippen LogP contribution in [0.5, 0.6) is 11.5 Å². The first-order valence-electron chi connectivity index (χ1n) is 5.24. The van der Waals surface area contributed by atoms with Crippen LogP contribution in [-0.2, 0) is 11.2 Å². The van der Waals surface area contributed by atoms with E-state index in [1.165, 1.54) is 0 Å². The highest BCUT2D eigenvalue weighted by Crippen LogP contribution is 2.30. The second-order valence-electron chi connectivity index (χ2n) is 3.68. The summed E-state index contributed by atoms with van der Waals surface area (Å²) in [6.07, 6.45) is 1.68. The Morgan fingerprint density at radius 2 is 2.19 bits per heavy atom. The molecule has 0 heterocycles. The van der Waals surface area contributed by atoms with Crippen LogP contribution in [0.2, 0.25) is 0 Å². The molecule has 1 aromatic carbocycles. The van der Waals surface area contributed by atoms with Gasteiger partial charge in [0.1, 0.15) is 0 Å². The molecule has 0 unspecified atom stereocenters. The number of hydrogen-bond acceptors (Lipinski definition) is 3. The van der Waals surface area contributed by atoms with E-state index in [9.17, 15) is 9.90 Å². The summed E-state index contributed by atoms with van der Waals surface area (Å²) in [6.45, 7) is 7.07. The third kappa shape index (κ3) is 2.86. The van der Waals surface area contributed by atoms with Gasteiger partial charge in [0.05, 0.1) is 0 Å². The van der Waals surface area contributed by atoms with Gasteiger partial charge in [-0.15, -0.1) is 0 Å². The number of para-hydroxylation sites is 1. The van der Waals surface area contributed by atoms with E-state index in [2.05, 4.69) is 6.58 Å². The van der Waals surface area contributed by atoms with Gasteiger partial charge in [0, 0.05) is 5.57 Å². The Balaban J connectivity index is 2.92. The number of esters is 1. The van der Waals surface area contributed by atoms with Crippen molar-refractivity contribution >= 4 is 5.97 Å². The van der Waals surface area contributed by atoms with E-state index >= 15 is 0 Å².